The van der Waals surface area contributed by atoms with Gasteiger partial charge in [-0.1, -0.05) is 17.4 Å². The van der Waals surface area contributed by atoms with Crippen molar-refractivity contribution in [3.05, 3.63) is 42.0 Å². The Labute approximate surface area is 149 Å². The van der Waals surface area contributed by atoms with Gasteiger partial charge in [0.15, 0.2) is 23.2 Å². The number of hydrogen-bond donors (Lipinski definition) is 1. The summed E-state index contributed by atoms with van der Waals surface area (Å²) in [5, 5.41) is 3.27. The highest BCUT2D eigenvalue weighted by Crippen LogP contribution is 2.30. The molecule has 0 saturated carbocycles. The standard InChI is InChI=1S/C18H18N2O4S/c1-11-4-7-14(15(8-11)23-3)24-10-17(21)20-18-19-13-6-5-12(22-2)9-16(13)25-18/h4-9H,10H2,1-3H3,(H,19,20,21). The van der Waals surface area contributed by atoms with Crippen LogP contribution < -0.4 is 19.5 Å². The molecule has 0 atom stereocenters. The van der Waals surface area contributed by atoms with Crippen LogP contribution in [0.15, 0.2) is 36.4 Å². The number of ether oxygens (including phenoxy) is 3. The molecule has 0 unspecified atom stereocenters. The molecule has 7 heteroatoms. The minimum atomic E-state index is -0.284. The Bertz CT molecular complexity index is 907. The minimum absolute atomic E-state index is 0.126. The number of methoxy groups -OCH3 is 2. The van der Waals surface area contributed by atoms with Gasteiger partial charge in [0.25, 0.3) is 5.91 Å². The number of carbonyl (C=O) groups is 1. The summed E-state index contributed by atoms with van der Waals surface area (Å²) < 4.78 is 16.9. The van der Waals surface area contributed by atoms with Gasteiger partial charge in [0, 0.05) is 0 Å². The Balaban J connectivity index is 1.65. The zero-order valence-electron chi connectivity index (χ0n) is 14.2. The number of carbonyl (C=O) groups excluding carboxylic acids is 1. The maximum Gasteiger partial charge on any atom is 0.264 e. The second-order valence-corrected chi connectivity index (χ2v) is 6.37. The molecule has 0 fully saturated rings. The third-order valence-electron chi connectivity index (χ3n) is 3.52. The van der Waals surface area contributed by atoms with Crippen molar-refractivity contribution >= 4 is 32.6 Å². The lowest BCUT2D eigenvalue weighted by Crippen LogP contribution is -2.20. The molecule has 1 aromatic heterocycles. The topological polar surface area (TPSA) is 69.7 Å². The maximum absolute atomic E-state index is 12.1. The second kappa shape index (κ2) is 7.40. The lowest BCUT2D eigenvalue weighted by molar-refractivity contribution is -0.118. The third kappa shape index (κ3) is 4.00. The first-order chi connectivity index (χ1) is 12.1. The zero-order valence-corrected chi connectivity index (χ0v) is 15.0. The smallest absolute Gasteiger partial charge is 0.264 e. The van der Waals surface area contributed by atoms with E-state index in [1.807, 2.05) is 37.3 Å². The van der Waals surface area contributed by atoms with Gasteiger partial charge in [0.1, 0.15) is 5.75 Å². The lowest BCUT2D eigenvalue weighted by atomic mass is 10.2. The van der Waals surface area contributed by atoms with E-state index in [1.165, 1.54) is 11.3 Å². The van der Waals surface area contributed by atoms with Gasteiger partial charge < -0.3 is 14.2 Å². The minimum Gasteiger partial charge on any atom is -0.497 e. The molecule has 25 heavy (non-hydrogen) atoms. The molecule has 0 bridgehead atoms. The second-order valence-electron chi connectivity index (χ2n) is 5.34. The fraction of sp³-hybridized carbons (Fsp3) is 0.222. The Kier molecular flexibility index (Phi) is 5.04. The molecule has 1 amide bonds. The molecule has 6 nitrogen and oxygen atoms in total. The fourth-order valence-corrected chi connectivity index (χ4v) is 3.19. The number of thiazole rings is 1. The fourth-order valence-electron chi connectivity index (χ4n) is 2.28. The number of nitrogens with one attached hydrogen (secondary N) is 1. The predicted octanol–water partition coefficient (Wildman–Crippen LogP) is 3.64. The summed E-state index contributed by atoms with van der Waals surface area (Å²) in [6, 6.07) is 11.1. The summed E-state index contributed by atoms with van der Waals surface area (Å²) in [5.74, 6) is 1.59. The molecule has 0 aliphatic rings. The number of nitrogens with zero attached hydrogens (tertiary/aromatic N) is 1. The van der Waals surface area contributed by atoms with Crippen LogP contribution >= 0.6 is 11.3 Å². The molecule has 2 aromatic carbocycles. The van der Waals surface area contributed by atoms with Crippen LogP contribution in [0.2, 0.25) is 0 Å². The summed E-state index contributed by atoms with van der Waals surface area (Å²) in [5.41, 5.74) is 1.86. The number of anilines is 1. The van der Waals surface area contributed by atoms with Gasteiger partial charge in [0.2, 0.25) is 0 Å². The first-order valence-corrected chi connectivity index (χ1v) is 8.42. The number of hydrogen-bond acceptors (Lipinski definition) is 6. The molecule has 0 saturated heterocycles. The van der Waals surface area contributed by atoms with Gasteiger partial charge in [-0.05, 0) is 42.8 Å². The summed E-state index contributed by atoms with van der Waals surface area (Å²) in [7, 11) is 3.18. The van der Waals surface area contributed by atoms with E-state index in [9.17, 15) is 4.79 Å². The zero-order chi connectivity index (χ0) is 17.8. The number of aromatic nitrogens is 1. The lowest BCUT2D eigenvalue weighted by Gasteiger charge is -2.10. The summed E-state index contributed by atoms with van der Waals surface area (Å²) in [4.78, 5) is 16.5. The first-order valence-electron chi connectivity index (χ1n) is 7.61. The van der Waals surface area contributed by atoms with E-state index < -0.39 is 0 Å². The number of rotatable bonds is 6. The van der Waals surface area contributed by atoms with E-state index in [2.05, 4.69) is 10.3 Å². The Morgan fingerprint density at radius 3 is 2.72 bits per heavy atom. The van der Waals surface area contributed by atoms with Crippen molar-refractivity contribution in [3.63, 3.8) is 0 Å². The third-order valence-corrected chi connectivity index (χ3v) is 4.45. The normalized spacial score (nSPS) is 10.5. The van der Waals surface area contributed by atoms with Gasteiger partial charge in [-0.3, -0.25) is 10.1 Å². The van der Waals surface area contributed by atoms with Crippen LogP contribution in [0.4, 0.5) is 5.13 Å². The van der Waals surface area contributed by atoms with Crippen LogP contribution in [0.1, 0.15) is 5.56 Å². The van der Waals surface area contributed by atoms with Crippen molar-refractivity contribution in [1.82, 2.24) is 4.98 Å². The molecular weight excluding hydrogens is 340 g/mol. The highest BCUT2D eigenvalue weighted by molar-refractivity contribution is 7.22. The summed E-state index contributed by atoms with van der Waals surface area (Å²) >= 11 is 1.38. The number of benzene rings is 2. The molecule has 1 N–H and O–H groups in total. The first kappa shape index (κ1) is 17.0. The number of fused-ring (bicyclic) bond motifs is 1. The van der Waals surface area contributed by atoms with Crippen molar-refractivity contribution in [2.45, 2.75) is 6.92 Å². The van der Waals surface area contributed by atoms with E-state index in [0.29, 0.717) is 16.6 Å². The Morgan fingerprint density at radius 2 is 1.96 bits per heavy atom. The van der Waals surface area contributed by atoms with Crippen LogP contribution in [0.3, 0.4) is 0 Å². The van der Waals surface area contributed by atoms with Gasteiger partial charge in [0.05, 0.1) is 24.4 Å². The van der Waals surface area contributed by atoms with Crippen LogP contribution in [0.25, 0.3) is 10.2 Å². The molecule has 3 aromatic rings. The predicted molar refractivity (Wildman–Crippen MR) is 98.0 cm³/mol. The van der Waals surface area contributed by atoms with Crippen LogP contribution in [-0.4, -0.2) is 31.7 Å². The molecule has 0 aliphatic heterocycles. The Morgan fingerprint density at radius 1 is 1.12 bits per heavy atom. The molecule has 3 rings (SSSR count). The van der Waals surface area contributed by atoms with Crippen molar-refractivity contribution in [3.8, 4) is 17.2 Å². The molecule has 0 radical (unpaired) electrons. The van der Waals surface area contributed by atoms with Crippen LogP contribution in [-0.2, 0) is 4.79 Å². The van der Waals surface area contributed by atoms with Crippen molar-refractivity contribution in [2.24, 2.45) is 0 Å². The number of aryl methyl sites for hydroxylation is 1. The number of amides is 1. The van der Waals surface area contributed by atoms with E-state index in [4.69, 9.17) is 14.2 Å². The molecule has 1 heterocycles. The highest BCUT2D eigenvalue weighted by Gasteiger charge is 2.11. The van der Waals surface area contributed by atoms with Gasteiger partial charge >= 0.3 is 0 Å². The monoisotopic (exact) mass is 358 g/mol. The highest BCUT2D eigenvalue weighted by atomic mass is 32.1. The van der Waals surface area contributed by atoms with Crippen molar-refractivity contribution < 1.29 is 19.0 Å². The van der Waals surface area contributed by atoms with E-state index in [0.717, 1.165) is 21.5 Å². The quantitative estimate of drug-likeness (QED) is 0.728. The van der Waals surface area contributed by atoms with Crippen molar-refractivity contribution in [2.75, 3.05) is 26.1 Å². The molecular formula is C18H18N2O4S. The van der Waals surface area contributed by atoms with E-state index in [-0.39, 0.29) is 12.5 Å². The van der Waals surface area contributed by atoms with Gasteiger partial charge in [-0.2, -0.15) is 0 Å². The average molecular weight is 358 g/mol. The van der Waals surface area contributed by atoms with Crippen LogP contribution in [0, 0.1) is 6.92 Å². The SMILES string of the molecule is COc1ccc2nc(NC(=O)COc3ccc(C)cc3OC)sc2c1. The largest absolute Gasteiger partial charge is 0.497 e. The van der Waals surface area contributed by atoms with E-state index >= 15 is 0 Å². The summed E-state index contributed by atoms with van der Waals surface area (Å²) in [6.45, 7) is 1.83. The van der Waals surface area contributed by atoms with Crippen molar-refractivity contribution in [1.29, 1.82) is 0 Å². The maximum atomic E-state index is 12.1. The molecule has 0 aliphatic carbocycles. The van der Waals surface area contributed by atoms with Gasteiger partial charge in [-0.15, -0.1) is 0 Å². The summed E-state index contributed by atoms with van der Waals surface area (Å²) in [6.07, 6.45) is 0. The average Bonchev–Trinajstić information content (AvgIpc) is 3.01. The van der Waals surface area contributed by atoms with Crippen LogP contribution in [0.5, 0.6) is 17.2 Å². The molecule has 130 valence electrons. The van der Waals surface area contributed by atoms with E-state index in [1.54, 1.807) is 20.3 Å². The van der Waals surface area contributed by atoms with Gasteiger partial charge in [-0.25, -0.2) is 4.98 Å². The molecule has 0 spiro atoms. The Hall–Kier alpha value is -2.80.